The van der Waals surface area contributed by atoms with E-state index in [9.17, 15) is 4.39 Å². The van der Waals surface area contributed by atoms with Gasteiger partial charge in [-0.25, -0.2) is 4.39 Å². The van der Waals surface area contributed by atoms with E-state index >= 15 is 0 Å². The number of hydrogen-bond acceptors (Lipinski definition) is 2. The molecule has 0 aliphatic heterocycles. The second kappa shape index (κ2) is 5.12. The quantitative estimate of drug-likeness (QED) is 0.831. The van der Waals surface area contributed by atoms with Crippen LogP contribution in [0, 0.1) is 11.7 Å². The molecule has 15 heavy (non-hydrogen) atoms. The Hall–Kier alpha value is -1.09. The van der Waals surface area contributed by atoms with Gasteiger partial charge in [0, 0.05) is 6.04 Å². The van der Waals surface area contributed by atoms with E-state index < -0.39 is 0 Å². The fraction of sp³-hybridized carbons (Fsp3) is 0.500. The maximum atomic E-state index is 13.3. The molecule has 0 bridgehead atoms. The van der Waals surface area contributed by atoms with E-state index in [1.807, 2.05) is 20.8 Å². The van der Waals surface area contributed by atoms with Crippen LogP contribution in [-0.2, 0) is 0 Å². The van der Waals surface area contributed by atoms with Gasteiger partial charge in [-0.1, -0.05) is 19.9 Å². The highest BCUT2D eigenvalue weighted by Crippen LogP contribution is 2.22. The molecule has 0 spiro atoms. The Morgan fingerprint density at radius 1 is 1.33 bits per heavy atom. The summed E-state index contributed by atoms with van der Waals surface area (Å²) in [6.07, 6.45) is 0. The van der Waals surface area contributed by atoms with Crippen molar-refractivity contribution in [2.75, 3.05) is 6.61 Å². The number of benzene rings is 1. The molecule has 1 aromatic rings. The molecule has 0 fully saturated rings. The maximum absolute atomic E-state index is 13.3. The summed E-state index contributed by atoms with van der Waals surface area (Å²) in [7, 11) is 0. The molecule has 2 nitrogen and oxygen atoms in total. The average molecular weight is 211 g/mol. The molecular weight excluding hydrogens is 193 g/mol. The van der Waals surface area contributed by atoms with Crippen LogP contribution >= 0.6 is 0 Å². The smallest absolute Gasteiger partial charge is 0.165 e. The molecule has 0 aliphatic carbocycles. The summed E-state index contributed by atoms with van der Waals surface area (Å²) in [4.78, 5) is 0. The zero-order valence-corrected chi connectivity index (χ0v) is 9.46. The van der Waals surface area contributed by atoms with Crippen molar-refractivity contribution in [1.29, 1.82) is 0 Å². The Morgan fingerprint density at radius 3 is 2.53 bits per heavy atom. The van der Waals surface area contributed by atoms with Gasteiger partial charge < -0.3 is 10.5 Å². The number of rotatable bonds is 4. The third-order valence-corrected chi connectivity index (χ3v) is 2.05. The summed E-state index contributed by atoms with van der Waals surface area (Å²) >= 11 is 0. The Kier molecular flexibility index (Phi) is 4.09. The van der Waals surface area contributed by atoms with Crippen molar-refractivity contribution < 1.29 is 9.13 Å². The summed E-state index contributed by atoms with van der Waals surface area (Å²) in [5.74, 6) is 0.335. The predicted molar refractivity (Wildman–Crippen MR) is 59.3 cm³/mol. The molecule has 0 saturated heterocycles. The number of ether oxygens (including phenoxy) is 1. The Labute approximate surface area is 90.2 Å². The van der Waals surface area contributed by atoms with Crippen LogP contribution < -0.4 is 10.5 Å². The lowest BCUT2D eigenvalue weighted by Crippen LogP contribution is -2.08. The largest absolute Gasteiger partial charge is 0.490 e. The number of hydrogen-bond donors (Lipinski definition) is 1. The lowest BCUT2D eigenvalue weighted by Gasteiger charge is -2.12. The van der Waals surface area contributed by atoms with Crippen molar-refractivity contribution in [2.24, 2.45) is 11.7 Å². The molecule has 0 heterocycles. The van der Waals surface area contributed by atoms with Crippen molar-refractivity contribution >= 4 is 0 Å². The topological polar surface area (TPSA) is 35.2 Å². The van der Waals surface area contributed by atoms with Gasteiger partial charge in [-0.15, -0.1) is 0 Å². The van der Waals surface area contributed by atoms with Crippen molar-refractivity contribution in [3.8, 4) is 5.75 Å². The molecule has 0 radical (unpaired) electrons. The fourth-order valence-electron chi connectivity index (χ4n) is 1.17. The molecular formula is C12H18FNO. The first-order valence-corrected chi connectivity index (χ1v) is 5.18. The highest BCUT2D eigenvalue weighted by atomic mass is 19.1. The second-order valence-corrected chi connectivity index (χ2v) is 4.18. The lowest BCUT2D eigenvalue weighted by atomic mass is 10.1. The van der Waals surface area contributed by atoms with E-state index in [0.29, 0.717) is 18.3 Å². The van der Waals surface area contributed by atoms with Crippen LogP contribution in [0.3, 0.4) is 0 Å². The van der Waals surface area contributed by atoms with Crippen molar-refractivity contribution in [2.45, 2.75) is 26.8 Å². The predicted octanol–water partition coefficient (Wildman–Crippen LogP) is 2.88. The molecule has 0 aliphatic rings. The molecule has 2 N–H and O–H groups in total. The fourth-order valence-corrected chi connectivity index (χ4v) is 1.17. The Morgan fingerprint density at radius 2 is 2.00 bits per heavy atom. The van der Waals surface area contributed by atoms with Crippen LogP contribution in [-0.4, -0.2) is 6.61 Å². The van der Waals surface area contributed by atoms with E-state index in [0.717, 1.165) is 5.56 Å². The van der Waals surface area contributed by atoms with Crippen LogP contribution in [0.2, 0.25) is 0 Å². The summed E-state index contributed by atoms with van der Waals surface area (Å²) < 4.78 is 18.7. The maximum Gasteiger partial charge on any atom is 0.165 e. The minimum atomic E-state index is -0.333. The molecule has 1 rings (SSSR count). The number of nitrogens with two attached hydrogens (primary N) is 1. The molecule has 0 amide bonds. The van der Waals surface area contributed by atoms with Gasteiger partial charge in [0.25, 0.3) is 0 Å². The first-order valence-electron chi connectivity index (χ1n) is 5.18. The van der Waals surface area contributed by atoms with Crippen LogP contribution in [0.1, 0.15) is 32.4 Å². The van der Waals surface area contributed by atoms with Crippen LogP contribution in [0.15, 0.2) is 18.2 Å². The third-order valence-electron chi connectivity index (χ3n) is 2.05. The Bertz CT molecular complexity index is 323. The first kappa shape index (κ1) is 12.0. The van der Waals surface area contributed by atoms with E-state index in [1.54, 1.807) is 12.1 Å². The molecule has 84 valence electrons. The first-order chi connectivity index (χ1) is 7.00. The standard InChI is InChI=1S/C12H18FNO/c1-8(2)7-15-12-6-10(9(3)14)4-5-11(12)13/h4-6,8-9H,7,14H2,1-3H3/t9-/m1/s1. The Balaban J connectivity index is 2.81. The molecule has 1 atom stereocenters. The molecule has 0 unspecified atom stereocenters. The van der Waals surface area contributed by atoms with Gasteiger partial charge in [0.05, 0.1) is 6.61 Å². The highest BCUT2D eigenvalue weighted by Gasteiger charge is 2.07. The lowest BCUT2D eigenvalue weighted by molar-refractivity contribution is 0.259. The van der Waals surface area contributed by atoms with Crippen molar-refractivity contribution in [3.63, 3.8) is 0 Å². The monoisotopic (exact) mass is 211 g/mol. The van der Waals surface area contributed by atoms with Crippen LogP contribution in [0.25, 0.3) is 0 Å². The molecule has 0 saturated carbocycles. The van der Waals surface area contributed by atoms with Gasteiger partial charge >= 0.3 is 0 Å². The molecule has 3 heteroatoms. The SMILES string of the molecule is CC(C)COc1cc([C@@H](C)N)ccc1F. The van der Waals surface area contributed by atoms with Crippen LogP contribution in [0.4, 0.5) is 4.39 Å². The minimum absolute atomic E-state index is 0.105. The summed E-state index contributed by atoms with van der Waals surface area (Å²) in [6.45, 7) is 6.42. The zero-order chi connectivity index (χ0) is 11.4. The number of halogens is 1. The summed E-state index contributed by atoms with van der Waals surface area (Å²) in [5, 5.41) is 0. The zero-order valence-electron chi connectivity index (χ0n) is 9.46. The van der Waals surface area contributed by atoms with Crippen LogP contribution in [0.5, 0.6) is 5.75 Å². The van der Waals surface area contributed by atoms with E-state index in [4.69, 9.17) is 10.5 Å². The van der Waals surface area contributed by atoms with E-state index in [-0.39, 0.29) is 11.9 Å². The van der Waals surface area contributed by atoms with Gasteiger partial charge in [0.2, 0.25) is 0 Å². The van der Waals surface area contributed by atoms with Crippen molar-refractivity contribution in [1.82, 2.24) is 0 Å². The minimum Gasteiger partial charge on any atom is -0.490 e. The average Bonchev–Trinajstić information content (AvgIpc) is 2.16. The van der Waals surface area contributed by atoms with Gasteiger partial charge in [-0.3, -0.25) is 0 Å². The molecule has 1 aromatic carbocycles. The summed E-state index contributed by atoms with van der Waals surface area (Å²) in [6, 6.07) is 4.64. The normalized spacial score (nSPS) is 12.9. The van der Waals surface area contributed by atoms with E-state index in [2.05, 4.69) is 0 Å². The van der Waals surface area contributed by atoms with Crippen molar-refractivity contribution in [3.05, 3.63) is 29.6 Å². The summed E-state index contributed by atoms with van der Waals surface area (Å²) in [5.41, 5.74) is 6.60. The van der Waals surface area contributed by atoms with E-state index in [1.165, 1.54) is 6.07 Å². The second-order valence-electron chi connectivity index (χ2n) is 4.18. The molecule has 0 aromatic heterocycles. The van der Waals surface area contributed by atoms with Gasteiger partial charge in [-0.05, 0) is 30.5 Å². The highest BCUT2D eigenvalue weighted by molar-refractivity contribution is 5.31. The van der Waals surface area contributed by atoms with Gasteiger partial charge in [0.15, 0.2) is 11.6 Å². The third kappa shape index (κ3) is 3.51. The van der Waals surface area contributed by atoms with Gasteiger partial charge in [-0.2, -0.15) is 0 Å². The van der Waals surface area contributed by atoms with Gasteiger partial charge in [0.1, 0.15) is 0 Å².